The van der Waals surface area contributed by atoms with E-state index in [1.165, 1.54) is 9.75 Å². The molecule has 2 rings (SSSR count). The van der Waals surface area contributed by atoms with E-state index in [1.807, 2.05) is 12.1 Å². The van der Waals surface area contributed by atoms with Gasteiger partial charge in [-0.1, -0.05) is 33.6 Å². The Morgan fingerprint density at radius 3 is 2.41 bits per heavy atom. The molecular formula is C12H8Br3ClS. The standard InChI is InChI=1S/C12H8Br3ClS/c1-6-4-9(14)12(17-6)11(15)7-2-3-8(13)10(16)5-7/h2-5,11H,1H3. The molecule has 0 nitrogen and oxygen atoms in total. The summed E-state index contributed by atoms with van der Waals surface area (Å²) in [4.78, 5) is 2.72. The lowest BCUT2D eigenvalue weighted by Gasteiger charge is -2.10. The average molecular weight is 459 g/mol. The number of rotatable bonds is 2. The van der Waals surface area contributed by atoms with Crippen molar-refractivity contribution in [2.75, 3.05) is 0 Å². The third-order valence-electron chi connectivity index (χ3n) is 2.30. The normalized spacial score (nSPS) is 12.8. The molecule has 0 amide bonds. The van der Waals surface area contributed by atoms with Crippen molar-refractivity contribution in [2.24, 2.45) is 0 Å². The lowest BCUT2D eigenvalue weighted by Crippen LogP contribution is -1.90. The second-order valence-corrected chi connectivity index (χ2v) is 7.92. The van der Waals surface area contributed by atoms with E-state index in [0.717, 1.165) is 19.5 Å². The van der Waals surface area contributed by atoms with Crippen molar-refractivity contribution in [3.8, 4) is 0 Å². The number of halogens is 4. The predicted molar refractivity (Wildman–Crippen MR) is 86.7 cm³/mol. The Bertz CT molecular complexity index is 551. The zero-order valence-corrected chi connectivity index (χ0v) is 15.1. The van der Waals surface area contributed by atoms with Gasteiger partial charge in [-0.3, -0.25) is 0 Å². The van der Waals surface area contributed by atoms with Crippen LogP contribution in [0.15, 0.2) is 33.2 Å². The Morgan fingerprint density at radius 1 is 1.18 bits per heavy atom. The summed E-state index contributed by atoms with van der Waals surface area (Å²) < 4.78 is 2.06. The molecule has 1 aromatic heterocycles. The Balaban J connectivity index is 2.40. The molecule has 17 heavy (non-hydrogen) atoms. The van der Waals surface area contributed by atoms with E-state index >= 15 is 0 Å². The van der Waals surface area contributed by atoms with Crippen molar-refractivity contribution in [3.05, 3.63) is 53.6 Å². The summed E-state index contributed by atoms with van der Waals surface area (Å²) >= 11 is 18.6. The third kappa shape index (κ3) is 3.16. The number of thiophene rings is 1. The number of hydrogen-bond donors (Lipinski definition) is 0. The van der Waals surface area contributed by atoms with E-state index in [9.17, 15) is 0 Å². The van der Waals surface area contributed by atoms with Crippen LogP contribution in [-0.4, -0.2) is 0 Å². The van der Waals surface area contributed by atoms with Crippen LogP contribution in [0.25, 0.3) is 0 Å². The second kappa shape index (κ2) is 5.74. The summed E-state index contributed by atoms with van der Waals surface area (Å²) in [6.45, 7) is 2.10. The minimum absolute atomic E-state index is 0.168. The number of alkyl halides is 1. The lowest BCUT2D eigenvalue weighted by molar-refractivity contribution is 1.21. The summed E-state index contributed by atoms with van der Waals surface area (Å²) in [5, 5.41) is 0.733. The SMILES string of the molecule is Cc1cc(Br)c(C(Br)c2ccc(Br)c(Cl)c2)s1. The average Bonchev–Trinajstić information content (AvgIpc) is 2.61. The maximum absolute atomic E-state index is 6.11. The molecule has 90 valence electrons. The monoisotopic (exact) mass is 456 g/mol. The highest BCUT2D eigenvalue weighted by atomic mass is 79.9. The molecule has 2 aromatic rings. The highest BCUT2D eigenvalue weighted by molar-refractivity contribution is 9.11. The summed E-state index contributed by atoms with van der Waals surface area (Å²) in [5.74, 6) is 0. The molecule has 1 unspecified atom stereocenters. The van der Waals surface area contributed by atoms with Crippen LogP contribution in [0.2, 0.25) is 5.02 Å². The highest BCUT2D eigenvalue weighted by Crippen LogP contribution is 2.41. The molecular weight excluding hydrogens is 451 g/mol. The Kier molecular flexibility index (Phi) is 4.75. The molecule has 0 radical (unpaired) electrons. The molecule has 1 heterocycles. The van der Waals surface area contributed by atoms with Gasteiger partial charge in [0.05, 0.1) is 9.85 Å². The summed E-state index contributed by atoms with van der Waals surface area (Å²) in [7, 11) is 0. The molecule has 0 aliphatic heterocycles. The molecule has 1 atom stereocenters. The molecule has 5 heteroatoms. The van der Waals surface area contributed by atoms with Gasteiger partial charge in [0.1, 0.15) is 0 Å². The quantitative estimate of drug-likeness (QED) is 0.438. The van der Waals surface area contributed by atoms with Gasteiger partial charge >= 0.3 is 0 Å². The van der Waals surface area contributed by atoms with Crippen molar-refractivity contribution in [2.45, 2.75) is 11.8 Å². The van der Waals surface area contributed by atoms with Crippen LogP contribution < -0.4 is 0 Å². The van der Waals surface area contributed by atoms with Crippen LogP contribution in [-0.2, 0) is 0 Å². The van der Waals surface area contributed by atoms with Gasteiger partial charge < -0.3 is 0 Å². The molecule has 0 fully saturated rings. The van der Waals surface area contributed by atoms with Crippen LogP contribution in [0.4, 0.5) is 0 Å². The highest BCUT2D eigenvalue weighted by Gasteiger charge is 2.17. The zero-order valence-electron chi connectivity index (χ0n) is 8.81. The minimum atomic E-state index is 0.168. The van der Waals surface area contributed by atoms with Crippen LogP contribution in [0.5, 0.6) is 0 Å². The Labute approximate surface area is 135 Å². The largest absolute Gasteiger partial charge is 0.143 e. The van der Waals surface area contributed by atoms with Crippen LogP contribution in [0, 0.1) is 6.92 Å². The molecule has 0 saturated carbocycles. The maximum atomic E-state index is 6.11. The first-order valence-corrected chi connectivity index (χ1v) is 8.53. The molecule has 0 spiro atoms. The molecule has 0 saturated heterocycles. The van der Waals surface area contributed by atoms with Crippen molar-refractivity contribution in [1.29, 1.82) is 0 Å². The van der Waals surface area contributed by atoms with Crippen LogP contribution in [0.3, 0.4) is 0 Å². The second-order valence-electron chi connectivity index (χ2n) is 3.61. The first kappa shape index (κ1) is 14.1. The van der Waals surface area contributed by atoms with Gasteiger partial charge in [0.25, 0.3) is 0 Å². The fraction of sp³-hybridized carbons (Fsp3) is 0.167. The minimum Gasteiger partial charge on any atom is -0.143 e. The van der Waals surface area contributed by atoms with Gasteiger partial charge in [-0.25, -0.2) is 0 Å². The van der Waals surface area contributed by atoms with Crippen LogP contribution in [0.1, 0.15) is 20.1 Å². The third-order valence-corrected chi connectivity index (χ3v) is 6.86. The summed E-state index contributed by atoms with van der Waals surface area (Å²) in [6.07, 6.45) is 0. The van der Waals surface area contributed by atoms with E-state index in [4.69, 9.17) is 11.6 Å². The van der Waals surface area contributed by atoms with Crippen molar-refractivity contribution < 1.29 is 0 Å². The number of hydrogen-bond acceptors (Lipinski definition) is 1. The van der Waals surface area contributed by atoms with E-state index in [1.54, 1.807) is 11.3 Å². The van der Waals surface area contributed by atoms with Gasteiger partial charge in [-0.15, -0.1) is 11.3 Å². The van der Waals surface area contributed by atoms with Crippen molar-refractivity contribution in [3.63, 3.8) is 0 Å². The van der Waals surface area contributed by atoms with E-state index < -0.39 is 0 Å². The predicted octanol–water partition coefficient (Wildman–Crippen LogP) is 6.72. The molecule has 0 N–H and O–H groups in total. The zero-order chi connectivity index (χ0) is 12.6. The van der Waals surface area contributed by atoms with Crippen molar-refractivity contribution >= 4 is 70.7 Å². The maximum Gasteiger partial charge on any atom is 0.0750 e. The van der Waals surface area contributed by atoms with Crippen molar-refractivity contribution in [1.82, 2.24) is 0 Å². The first-order chi connectivity index (χ1) is 7.99. The molecule has 0 bridgehead atoms. The summed E-state index contributed by atoms with van der Waals surface area (Å²) in [5.41, 5.74) is 1.15. The first-order valence-electron chi connectivity index (χ1n) is 4.84. The summed E-state index contributed by atoms with van der Waals surface area (Å²) in [6, 6.07) is 8.15. The number of benzene rings is 1. The molecule has 0 aliphatic rings. The van der Waals surface area contributed by atoms with Gasteiger partial charge in [0.2, 0.25) is 0 Å². The van der Waals surface area contributed by atoms with Gasteiger partial charge in [0.15, 0.2) is 0 Å². The van der Waals surface area contributed by atoms with Gasteiger partial charge in [0, 0.05) is 18.7 Å². The van der Waals surface area contributed by atoms with Crippen LogP contribution >= 0.6 is 70.7 Å². The lowest BCUT2D eigenvalue weighted by atomic mass is 10.1. The fourth-order valence-electron chi connectivity index (χ4n) is 1.50. The Hall–Kier alpha value is 0.650. The fourth-order valence-corrected chi connectivity index (χ4v) is 4.94. The van der Waals surface area contributed by atoms with Gasteiger partial charge in [-0.05, 0) is 62.5 Å². The molecule has 1 aromatic carbocycles. The van der Waals surface area contributed by atoms with Gasteiger partial charge in [-0.2, -0.15) is 0 Å². The molecule has 0 aliphatic carbocycles. The van der Waals surface area contributed by atoms with E-state index in [2.05, 4.69) is 66.8 Å². The smallest absolute Gasteiger partial charge is 0.0750 e. The van der Waals surface area contributed by atoms with E-state index in [0.29, 0.717) is 0 Å². The number of aryl methyl sites for hydroxylation is 1. The van der Waals surface area contributed by atoms with E-state index in [-0.39, 0.29) is 4.83 Å². The Morgan fingerprint density at radius 2 is 1.88 bits per heavy atom. The topological polar surface area (TPSA) is 0 Å².